The van der Waals surface area contributed by atoms with Crippen molar-refractivity contribution in [3.63, 3.8) is 0 Å². The van der Waals surface area contributed by atoms with E-state index in [0.717, 1.165) is 11.3 Å². The SMILES string of the molecule is [CH2]CSCC(=O)NCc1cccnc1. The molecule has 0 unspecified atom stereocenters. The van der Waals surface area contributed by atoms with Crippen molar-refractivity contribution in [3.8, 4) is 0 Å². The van der Waals surface area contributed by atoms with Gasteiger partial charge in [0, 0.05) is 18.9 Å². The van der Waals surface area contributed by atoms with Crippen LogP contribution in [0.4, 0.5) is 0 Å². The van der Waals surface area contributed by atoms with Crippen molar-refractivity contribution in [1.29, 1.82) is 0 Å². The zero-order valence-electron chi connectivity index (χ0n) is 7.90. The second kappa shape index (κ2) is 6.43. The van der Waals surface area contributed by atoms with E-state index in [-0.39, 0.29) is 5.91 Å². The Morgan fingerprint density at radius 1 is 1.64 bits per heavy atom. The van der Waals surface area contributed by atoms with E-state index in [0.29, 0.717) is 12.3 Å². The Kier molecular flexibility index (Phi) is 5.07. The predicted molar refractivity (Wildman–Crippen MR) is 58.8 cm³/mol. The third kappa shape index (κ3) is 4.28. The number of carbonyl (C=O) groups is 1. The number of hydrogen-bond acceptors (Lipinski definition) is 3. The molecule has 0 saturated heterocycles. The van der Waals surface area contributed by atoms with Crippen molar-refractivity contribution in [2.75, 3.05) is 11.5 Å². The first-order chi connectivity index (χ1) is 6.83. The Balaban J connectivity index is 2.24. The molecule has 1 rings (SSSR count). The van der Waals surface area contributed by atoms with Crippen molar-refractivity contribution < 1.29 is 4.79 Å². The van der Waals surface area contributed by atoms with Crippen molar-refractivity contribution in [1.82, 2.24) is 10.3 Å². The summed E-state index contributed by atoms with van der Waals surface area (Å²) in [6.45, 7) is 4.19. The van der Waals surface area contributed by atoms with E-state index in [1.807, 2.05) is 12.1 Å². The van der Waals surface area contributed by atoms with Crippen LogP contribution in [0.3, 0.4) is 0 Å². The fourth-order valence-corrected chi connectivity index (χ4v) is 1.35. The molecular weight excluding hydrogens is 196 g/mol. The van der Waals surface area contributed by atoms with E-state index in [1.54, 1.807) is 12.4 Å². The van der Waals surface area contributed by atoms with Crippen LogP contribution in [-0.2, 0) is 11.3 Å². The van der Waals surface area contributed by atoms with Crippen molar-refractivity contribution >= 4 is 17.7 Å². The minimum absolute atomic E-state index is 0.0440. The normalized spacial score (nSPS) is 9.79. The zero-order valence-corrected chi connectivity index (χ0v) is 8.72. The van der Waals surface area contributed by atoms with E-state index in [2.05, 4.69) is 17.2 Å². The Hall–Kier alpha value is -1.03. The third-order valence-corrected chi connectivity index (χ3v) is 2.34. The van der Waals surface area contributed by atoms with Crippen LogP contribution in [0, 0.1) is 6.92 Å². The van der Waals surface area contributed by atoms with Gasteiger partial charge in [0.25, 0.3) is 0 Å². The van der Waals surface area contributed by atoms with Crippen LogP contribution in [0.15, 0.2) is 24.5 Å². The molecule has 0 bridgehead atoms. The Morgan fingerprint density at radius 3 is 3.14 bits per heavy atom. The average Bonchev–Trinajstić information content (AvgIpc) is 2.25. The summed E-state index contributed by atoms with van der Waals surface area (Å²) < 4.78 is 0. The van der Waals surface area contributed by atoms with Gasteiger partial charge in [-0.15, -0.1) is 0 Å². The summed E-state index contributed by atoms with van der Waals surface area (Å²) in [5, 5.41) is 2.81. The van der Waals surface area contributed by atoms with Gasteiger partial charge in [0.2, 0.25) is 5.91 Å². The van der Waals surface area contributed by atoms with E-state index < -0.39 is 0 Å². The molecule has 3 nitrogen and oxygen atoms in total. The Labute approximate surface area is 88.3 Å². The smallest absolute Gasteiger partial charge is 0.230 e. The quantitative estimate of drug-likeness (QED) is 0.794. The molecule has 1 amide bonds. The molecule has 1 aromatic rings. The van der Waals surface area contributed by atoms with Gasteiger partial charge in [0.15, 0.2) is 0 Å². The lowest BCUT2D eigenvalue weighted by Gasteiger charge is -2.03. The van der Waals surface area contributed by atoms with E-state index in [9.17, 15) is 4.79 Å². The highest BCUT2D eigenvalue weighted by molar-refractivity contribution is 8.00. The van der Waals surface area contributed by atoms with Crippen LogP contribution in [0.1, 0.15) is 5.56 Å². The molecule has 1 aromatic heterocycles. The first-order valence-corrected chi connectivity index (χ1v) is 5.51. The summed E-state index contributed by atoms with van der Waals surface area (Å²) in [7, 11) is 0. The van der Waals surface area contributed by atoms with E-state index in [4.69, 9.17) is 0 Å². The minimum Gasteiger partial charge on any atom is -0.351 e. The van der Waals surface area contributed by atoms with Crippen molar-refractivity contribution in [2.45, 2.75) is 6.54 Å². The molecule has 1 heterocycles. The standard InChI is InChI=1S/C10H13N2OS/c1-2-14-8-10(13)12-7-9-4-3-5-11-6-9/h3-6H,1-2,7-8H2,(H,12,13). The number of hydrogen-bond donors (Lipinski definition) is 1. The first-order valence-electron chi connectivity index (χ1n) is 4.35. The van der Waals surface area contributed by atoms with Gasteiger partial charge < -0.3 is 5.32 Å². The third-order valence-electron chi connectivity index (χ3n) is 1.59. The largest absolute Gasteiger partial charge is 0.351 e. The van der Waals surface area contributed by atoms with Crippen molar-refractivity contribution in [2.24, 2.45) is 0 Å². The van der Waals surface area contributed by atoms with Gasteiger partial charge in [0.1, 0.15) is 0 Å². The molecule has 0 aromatic carbocycles. The highest BCUT2D eigenvalue weighted by Gasteiger charge is 1.99. The summed E-state index contributed by atoms with van der Waals surface area (Å²) in [6.07, 6.45) is 3.46. The molecule has 0 atom stereocenters. The number of nitrogens with one attached hydrogen (secondary N) is 1. The maximum absolute atomic E-state index is 11.2. The van der Waals surface area contributed by atoms with Gasteiger partial charge >= 0.3 is 0 Å². The fraction of sp³-hybridized carbons (Fsp3) is 0.300. The molecule has 0 fully saturated rings. The number of amides is 1. The number of rotatable bonds is 5. The maximum atomic E-state index is 11.2. The van der Waals surface area contributed by atoms with Crippen molar-refractivity contribution in [3.05, 3.63) is 37.0 Å². The molecule has 75 valence electrons. The summed E-state index contributed by atoms with van der Waals surface area (Å²) in [6, 6.07) is 3.79. The number of thioether (sulfide) groups is 1. The van der Waals surface area contributed by atoms with Gasteiger partial charge in [-0.1, -0.05) is 6.07 Å². The van der Waals surface area contributed by atoms with E-state index >= 15 is 0 Å². The highest BCUT2D eigenvalue weighted by Crippen LogP contribution is 1.98. The van der Waals surface area contributed by atoms with Crippen LogP contribution in [-0.4, -0.2) is 22.4 Å². The summed E-state index contributed by atoms with van der Waals surface area (Å²) in [4.78, 5) is 15.2. The first kappa shape index (κ1) is 11.0. The van der Waals surface area contributed by atoms with Gasteiger partial charge in [-0.3, -0.25) is 9.78 Å². The molecule has 1 N–H and O–H groups in total. The Bertz CT molecular complexity index is 277. The summed E-state index contributed by atoms with van der Waals surface area (Å²) in [5.74, 6) is 1.24. The van der Waals surface area contributed by atoms with Crippen LogP contribution in [0.5, 0.6) is 0 Å². The van der Waals surface area contributed by atoms with Crippen LogP contribution >= 0.6 is 11.8 Å². The lowest BCUT2D eigenvalue weighted by Crippen LogP contribution is -2.24. The maximum Gasteiger partial charge on any atom is 0.230 e. The van der Waals surface area contributed by atoms with Gasteiger partial charge in [-0.2, -0.15) is 11.8 Å². The number of nitrogens with zero attached hydrogens (tertiary/aromatic N) is 1. The number of pyridine rings is 1. The molecule has 0 aliphatic rings. The monoisotopic (exact) mass is 209 g/mol. The molecule has 0 aliphatic heterocycles. The zero-order chi connectivity index (χ0) is 10.2. The van der Waals surface area contributed by atoms with Crippen LogP contribution in [0.25, 0.3) is 0 Å². The average molecular weight is 209 g/mol. The second-order valence-electron chi connectivity index (χ2n) is 2.69. The topological polar surface area (TPSA) is 42.0 Å². The molecule has 1 radical (unpaired) electrons. The van der Waals surface area contributed by atoms with E-state index in [1.165, 1.54) is 11.8 Å². The molecule has 0 spiro atoms. The molecule has 4 heteroatoms. The Morgan fingerprint density at radius 2 is 2.50 bits per heavy atom. The number of carbonyl (C=O) groups excluding carboxylic acids is 1. The molecule has 14 heavy (non-hydrogen) atoms. The fourth-order valence-electron chi connectivity index (χ4n) is 0.919. The predicted octanol–water partition coefficient (Wildman–Crippen LogP) is 1.27. The number of aromatic nitrogens is 1. The summed E-state index contributed by atoms with van der Waals surface area (Å²) in [5.41, 5.74) is 1.01. The minimum atomic E-state index is 0.0440. The highest BCUT2D eigenvalue weighted by atomic mass is 32.2. The van der Waals surface area contributed by atoms with Crippen LogP contribution < -0.4 is 5.32 Å². The van der Waals surface area contributed by atoms with Crippen LogP contribution in [0.2, 0.25) is 0 Å². The molecule has 0 saturated carbocycles. The lowest BCUT2D eigenvalue weighted by atomic mass is 10.3. The summed E-state index contributed by atoms with van der Waals surface area (Å²) >= 11 is 1.51. The van der Waals surface area contributed by atoms with Gasteiger partial charge in [-0.05, 0) is 24.3 Å². The van der Waals surface area contributed by atoms with Gasteiger partial charge in [-0.25, -0.2) is 0 Å². The second-order valence-corrected chi connectivity index (χ2v) is 3.80. The lowest BCUT2D eigenvalue weighted by molar-refractivity contribution is -0.118. The van der Waals surface area contributed by atoms with Gasteiger partial charge in [0.05, 0.1) is 5.75 Å². The molecular formula is C10H13N2OS. The molecule has 0 aliphatic carbocycles.